The van der Waals surface area contributed by atoms with Crippen LogP contribution in [0.3, 0.4) is 0 Å². The molecule has 2 aromatic rings. The molecule has 1 heterocycles. The van der Waals surface area contributed by atoms with E-state index in [9.17, 15) is 0 Å². The van der Waals surface area contributed by atoms with E-state index in [0.29, 0.717) is 23.7 Å². The summed E-state index contributed by atoms with van der Waals surface area (Å²) in [5.74, 6) is 1.92. The van der Waals surface area contributed by atoms with Crippen LogP contribution in [0.1, 0.15) is 129 Å². The van der Waals surface area contributed by atoms with Gasteiger partial charge in [0, 0.05) is 58.9 Å². The minimum absolute atomic E-state index is 0. The fourth-order valence-electron chi connectivity index (χ4n) is 5.14. The summed E-state index contributed by atoms with van der Waals surface area (Å²) in [5, 5.41) is 0. The summed E-state index contributed by atoms with van der Waals surface area (Å²) >= 11 is 0. The molecular formula is C37H63N2O4PtSi2-. The van der Waals surface area contributed by atoms with Crippen LogP contribution in [0.4, 0.5) is 11.4 Å². The molecule has 0 spiro atoms. The Kier molecular flexibility index (Phi) is 23.3. The van der Waals surface area contributed by atoms with Crippen molar-refractivity contribution in [3.05, 3.63) is 77.7 Å². The van der Waals surface area contributed by atoms with Gasteiger partial charge < -0.3 is 27.5 Å². The van der Waals surface area contributed by atoms with Crippen molar-refractivity contribution in [2.45, 2.75) is 120 Å². The van der Waals surface area contributed by atoms with Crippen LogP contribution < -0.4 is 9.80 Å². The van der Waals surface area contributed by atoms with Crippen LogP contribution >= 0.6 is 0 Å². The Balaban J connectivity index is 0.000000986. The van der Waals surface area contributed by atoms with Crippen LogP contribution in [0.2, 0.25) is 13.1 Å². The second-order valence-corrected chi connectivity index (χ2v) is 15.3. The van der Waals surface area contributed by atoms with Crippen LogP contribution in [-0.4, -0.2) is 45.0 Å². The Morgan fingerprint density at radius 2 is 0.761 bits per heavy atom. The fourth-order valence-corrected chi connectivity index (χ4v) is 6.93. The van der Waals surface area contributed by atoms with E-state index >= 15 is 0 Å². The molecule has 2 radical (unpaired) electrons. The molecule has 0 saturated heterocycles. The number of hydrogen-bond acceptors (Lipinski definition) is 6. The molecule has 3 rings (SSSR count). The van der Waals surface area contributed by atoms with E-state index in [1.807, 2.05) is 40.8 Å². The molecular weight excluding hydrogens is 788 g/mol. The van der Waals surface area contributed by atoms with Crippen molar-refractivity contribution in [3.8, 4) is 0 Å². The monoisotopic (exact) mass is 850 g/mol. The average Bonchev–Trinajstić information content (AvgIpc) is 3.47. The molecule has 0 amide bonds. The summed E-state index contributed by atoms with van der Waals surface area (Å²) in [7, 11) is -1.78. The fraction of sp³-hybridized carbons (Fsp3) is 0.595. The molecule has 0 atom stereocenters. The number of hydrogen-bond donors (Lipinski definition) is 0. The Bertz CT molecular complexity index is 981. The Morgan fingerprint density at radius 3 is 0.957 bits per heavy atom. The van der Waals surface area contributed by atoms with Crippen LogP contribution in [0, 0.1) is 6.67 Å². The third kappa shape index (κ3) is 14.5. The molecule has 0 N–H and O–H groups in total. The molecule has 1 aliphatic rings. The number of anilines is 2. The maximum Gasteiger partial charge on any atom is 0.381 e. The van der Waals surface area contributed by atoms with E-state index in [4.69, 9.17) is 17.7 Å². The molecule has 0 aliphatic carbocycles. The average molecular weight is 851 g/mol. The summed E-state index contributed by atoms with van der Waals surface area (Å²) in [4.78, 5) is 4.65. The van der Waals surface area contributed by atoms with Gasteiger partial charge in [-0.3, -0.25) is 0 Å². The van der Waals surface area contributed by atoms with E-state index in [-0.39, 0.29) is 21.1 Å². The molecule has 0 bridgehead atoms. The van der Waals surface area contributed by atoms with Gasteiger partial charge in [0.05, 0.1) is 0 Å². The second-order valence-electron chi connectivity index (χ2n) is 12.1. The normalized spacial score (nSPS) is 12.7. The van der Waals surface area contributed by atoms with Crippen molar-refractivity contribution in [1.82, 2.24) is 0 Å². The first-order valence-corrected chi connectivity index (χ1v) is 20.5. The first kappa shape index (κ1) is 44.7. The SMILES string of the molecule is CC(C)c1cccc(C(C)C)c1N1C=CN(c2c(C(C)C)cccc2C(C)C)[CH-]1.CCO[Si](C)OCC.CCO[Si](C)OCC.[Pt]. The van der Waals surface area contributed by atoms with Gasteiger partial charge in [0.2, 0.25) is 0 Å². The topological polar surface area (TPSA) is 43.4 Å². The maximum absolute atomic E-state index is 5.16. The summed E-state index contributed by atoms with van der Waals surface area (Å²) < 4.78 is 20.6. The van der Waals surface area contributed by atoms with E-state index in [0.717, 1.165) is 26.4 Å². The van der Waals surface area contributed by atoms with Gasteiger partial charge in [0.15, 0.2) is 0 Å². The van der Waals surface area contributed by atoms with Crippen molar-refractivity contribution in [3.63, 3.8) is 0 Å². The number of benzene rings is 2. The molecule has 0 unspecified atom stereocenters. The van der Waals surface area contributed by atoms with Crippen molar-refractivity contribution < 1.29 is 38.8 Å². The number of nitrogens with zero attached hydrogens (tertiary/aromatic N) is 2. The predicted octanol–water partition coefficient (Wildman–Crippen LogP) is 10.4. The smallest absolute Gasteiger partial charge is 0.381 e. The molecule has 0 aromatic heterocycles. The van der Waals surface area contributed by atoms with E-state index < -0.39 is 18.6 Å². The third-order valence-corrected chi connectivity index (χ3v) is 10.0. The Hall–Kier alpha value is -1.26. The van der Waals surface area contributed by atoms with Gasteiger partial charge in [-0.15, -0.1) is 6.67 Å². The largest absolute Gasteiger partial charge is 0.479 e. The first-order valence-electron chi connectivity index (χ1n) is 16.9. The maximum atomic E-state index is 5.16. The summed E-state index contributed by atoms with van der Waals surface area (Å²) in [6, 6.07) is 13.5. The van der Waals surface area contributed by atoms with Crippen LogP contribution in [0.25, 0.3) is 0 Å². The van der Waals surface area contributed by atoms with Crippen LogP contribution in [0.15, 0.2) is 48.8 Å². The molecule has 0 saturated carbocycles. The van der Waals surface area contributed by atoms with Gasteiger partial charge >= 0.3 is 18.6 Å². The number of para-hydroxylation sites is 2. The molecule has 264 valence electrons. The molecule has 46 heavy (non-hydrogen) atoms. The van der Waals surface area contributed by atoms with Gasteiger partial charge in [0.1, 0.15) is 0 Å². The van der Waals surface area contributed by atoms with E-state index in [1.54, 1.807) is 0 Å². The minimum Gasteiger partial charge on any atom is -0.479 e. The van der Waals surface area contributed by atoms with E-state index in [2.05, 4.69) is 121 Å². The predicted molar refractivity (Wildman–Crippen MR) is 197 cm³/mol. The van der Waals surface area contributed by atoms with Gasteiger partial charge in [-0.05, 0) is 99.1 Å². The zero-order valence-electron chi connectivity index (χ0n) is 31.2. The molecule has 1 aliphatic heterocycles. The molecule has 0 fully saturated rings. The molecule has 9 heteroatoms. The quantitative estimate of drug-likeness (QED) is 0.139. The van der Waals surface area contributed by atoms with Crippen molar-refractivity contribution in [2.75, 3.05) is 36.2 Å². The standard InChI is InChI=1S/C27H37N2.2C5H13O2Si.Pt/c1-18(2)22-11-9-12-23(19(3)4)26(22)28-15-16-29(17-28)27-24(20(5)6)13-10-14-25(27)21(7)8;2*1-4-6-8(3)7-5-2;/h9-21H,1-8H3;2*4-5H2,1-3H3;/q-1;;;. The van der Waals surface area contributed by atoms with Gasteiger partial charge in [-0.2, -0.15) is 0 Å². The number of rotatable bonds is 14. The van der Waals surface area contributed by atoms with Crippen LogP contribution in [0.5, 0.6) is 0 Å². The molecule has 6 nitrogen and oxygen atoms in total. The first-order chi connectivity index (χ1) is 21.3. The Labute approximate surface area is 301 Å². The summed E-state index contributed by atoms with van der Waals surface area (Å²) in [5.41, 5.74) is 8.29. The van der Waals surface area contributed by atoms with Crippen molar-refractivity contribution in [2.24, 2.45) is 0 Å². The van der Waals surface area contributed by atoms with Gasteiger partial charge in [-0.25, -0.2) is 0 Å². The minimum atomic E-state index is -0.891. The zero-order valence-corrected chi connectivity index (χ0v) is 35.4. The Morgan fingerprint density at radius 1 is 0.522 bits per heavy atom. The zero-order chi connectivity index (χ0) is 34.1. The van der Waals surface area contributed by atoms with Gasteiger partial charge in [0.25, 0.3) is 0 Å². The van der Waals surface area contributed by atoms with Crippen molar-refractivity contribution in [1.29, 1.82) is 0 Å². The summed E-state index contributed by atoms with van der Waals surface area (Å²) in [6.45, 7) is 35.5. The second kappa shape index (κ2) is 24.0. The third-order valence-electron chi connectivity index (χ3n) is 7.23. The van der Waals surface area contributed by atoms with Crippen LogP contribution in [-0.2, 0) is 38.8 Å². The van der Waals surface area contributed by atoms with E-state index in [1.165, 1.54) is 33.6 Å². The summed E-state index contributed by atoms with van der Waals surface area (Å²) in [6.07, 6.45) is 4.43. The van der Waals surface area contributed by atoms with Crippen molar-refractivity contribution >= 4 is 29.9 Å². The molecule has 2 aromatic carbocycles. The van der Waals surface area contributed by atoms with Gasteiger partial charge in [-0.1, -0.05) is 91.8 Å².